The molecule has 0 unspecified atom stereocenters. The number of aliphatic hydroxyl groups is 1. The number of aliphatic hydroxyl groups excluding tert-OH is 1. The molecule has 1 saturated heterocycles. The highest BCUT2D eigenvalue weighted by molar-refractivity contribution is 6.30. The molecule has 1 aromatic carbocycles. The molecule has 0 spiro atoms. The lowest BCUT2D eigenvalue weighted by Gasteiger charge is -2.38. The molecule has 3 rings (SSSR count). The highest BCUT2D eigenvalue weighted by Crippen LogP contribution is 2.22. The van der Waals surface area contributed by atoms with E-state index in [4.69, 9.17) is 11.6 Å². The van der Waals surface area contributed by atoms with Crippen molar-refractivity contribution in [3.63, 3.8) is 0 Å². The van der Waals surface area contributed by atoms with Gasteiger partial charge in [0.2, 0.25) is 5.95 Å². The number of hydrogen-bond acceptors (Lipinski definition) is 5. The third-order valence-electron chi connectivity index (χ3n) is 4.26. The van der Waals surface area contributed by atoms with Crippen molar-refractivity contribution in [2.45, 2.75) is 19.0 Å². The van der Waals surface area contributed by atoms with Crippen LogP contribution in [0.3, 0.4) is 0 Å². The molecule has 5 nitrogen and oxygen atoms in total. The maximum absolute atomic E-state index is 9.64. The molecule has 0 bridgehead atoms. The summed E-state index contributed by atoms with van der Waals surface area (Å²) in [5.41, 5.74) is 1.30. The molecular formula is C17H21ClN4O. The Bertz CT molecular complexity index is 608. The molecule has 2 atom stereocenters. The van der Waals surface area contributed by atoms with Gasteiger partial charge in [-0.15, -0.1) is 0 Å². The Kier molecular flexibility index (Phi) is 5.43. The van der Waals surface area contributed by atoms with E-state index in [1.807, 2.05) is 6.07 Å². The average molecular weight is 333 g/mol. The minimum Gasteiger partial charge on any atom is -0.396 e. The van der Waals surface area contributed by atoms with Gasteiger partial charge in [-0.05, 0) is 18.5 Å². The van der Waals surface area contributed by atoms with Crippen LogP contribution in [0.2, 0.25) is 5.02 Å². The number of likely N-dealkylation sites (tertiary alicyclic amines) is 1. The van der Waals surface area contributed by atoms with Gasteiger partial charge in [0.05, 0.1) is 17.4 Å². The maximum atomic E-state index is 9.64. The summed E-state index contributed by atoms with van der Waals surface area (Å²) in [6, 6.07) is 10.6. The second kappa shape index (κ2) is 7.73. The first kappa shape index (κ1) is 16.2. The lowest BCUT2D eigenvalue weighted by Crippen LogP contribution is -2.48. The number of nitrogens with one attached hydrogen (secondary N) is 1. The van der Waals surface area contributed by atoms with Crippen molar-refractivity contribution in [3.8, 4) is 0 Å². The van der Waals surface area contributed by atoms with Gasteiger partial charge in [-0.3, -0.25) is 4.90 Å². The van der Waals surface area contributed by atoms with Gasteiger partial charge in [0, 0.05) is 31.7 Å². The van der Waals surface area contributed by atoms with Crippen LogP contribution >= 0.6 is 11.6 Å². The quantitative estimate of drug-likeness (QED) is 0.880. The maximum Gasteiger partial charge on any atom is 0.222 e. The molecule has 2 heterocycles. The van der Waals surface area contributed by atoms with Gasteiger partial charge >= 0.3 is 0 Å². The summed E-state index contributed by atoms with van der Waals surface area (Å²) in [6.45, 7) is 2.93. The van der Waals surface area contributed by atoms with Crippen LogP contribution in [0.1, 0.15) is 12.0 Å². The van der Waals surface area contributed by atoms with Crippen LogP contribution in [0.25, 0.3) is 0 Å². The summed E-state index contributed by atoms with van der Waals surface area (Å²) in [6.07, 6.45) is 4.11. The van der Waals surface area contributed by atoms with Crippen LogP contribution in [0.4, 0.5) is 5.95 Å². The molecule has 1 fully saturated rings. The molecule has 2 aromatic rings. The first-order chi connectivity index (χ1) is 11.2. The predicted molar refractivity (Wildman–Crippen MR) is 91.4 cm³/mol. The fourth-order valence-corrected chi connectivity index (χ4v) is 3.09. The summed E-state index contributed by atoms with van der Waals surface area (Å²) in [5, 5.41) is 13.5. The van der Waals surface area contributed by atoms with E-state index in [-0.39, 0.29) is 18.6 Å². The summed E-state index contributed by atoms with van der Waals surface area (Å²) in [5.74, 6) is 0.765. The Morgan fingerprint density at radius 3 is 2.65 bits per heavy atom. The van der Waals surface area contributed by atoms with Gasteiger partial charge in [0.1, 0.15) is 0 Å². The normalized spacial score (nSPS) is 22.0. The molecule has 1 aliphatic heterocycles. The Morgan fingerprint density at radius 1 is 1.22 bits per heavy atom. The Hall–Kier alpha value is -1.69. The number of halogens is 1. The highest BCUT2D eigenvalue weighted by Gasteiger charge is 2.29. The van der Waals surface area contributed by atoms with Crippen molar-refractivity contribution in [1.82, 2.24) is 14.9 Å². The van der Waals surface area contributed by atoms with Crippen LogP contribution in [0.5, 0.6) is 0 Å². The number of aromatic nitrogens is 2. The van der Waals surface area contributed by atoms with Gasteiger partial charge in [-0.2, -0.15) is 0 Å². The van der Waals surface area contributed by atoms with Crippen LogP contribution in [0, 0.1) is 5.92 Å². The Balaban J connectivity index is 1.65. The fraction of sp³-hybridized carbons (Fsp3) is 0.412. The smallest absolute Gasteiger partial charge is 0.222 e. The van der Waals surface area contributed by atoms with Gasteiger partial charge in [0.15, 0.2) is 0 Å². The molecule has 1 aromatic heterocycles. The second-order valence-electron chi connectivity index (χ2n) is 5.93. The molecule has 0 radical (unpaired) electrons. The van der Waals surface area contributed by atoms with Crippen LogP contribution in [0.15, 0.2) is 42.7 Å². The van der Waals surface area contributed by atoms with Crippen LogP contribution < -0.4 is 5.32 Å². The van der Waals surface area contributed by atoms with E-state index < -0.39 is 0 Å². The third kappa shape index (κ3) is 4.41. The minimum absolute atomic E-state index is 0.124. The molecule has 0 saturated carbocycles. The number of nitrogens with zero attached hydrogens (tertiary/aromatic N) is 3. The largest absolute Gasteiger partial charge is 0.396 e. The third-order valence-corrected chi connectivity index (χ3v) is 4.45. The molecule has 2 N–H and O–H groups in total. The minimum atomic E-state index is 0.124. The lowest BCUT2D eigenvalue weighted by molar-refractivity contribution is 0.114. The van der Waals surface area contributed by atoms with E-state index in [0.717, 1.165) is 26.1 Å². The number of piperidine rings is 1. The van der Waals surface area contributed by atoms with Gasteiger partial charge in [-0.25, -0.2) is 9.97 Å². The average Bonchev–Trinajstić information content (AvgIpc) is 2.58. The van der Waals surface area contributed by atoms with E-state index in [0.29, 0.717) is 11.0 Å². The summed E-state index contributed by atoms with van der Waals surface area (Å²) in [7, 11) is 0. The zero-order valence-corrected chi connectivity index (χ0v) is 13.7. The predicted octanol–water partition coefficient (Wildman–Crippen LogP) is 2.42. The summed E-state index contributed by atoms with van der Waals surface area (Å²) >= 11 is 5.82. The molecule has 6 heteroatoms. The summed E-state index contributed by atoms with van der Waals surface area (Å²) in [4.78, 5) is 10.8. The van der Waals surface area contributed by atoms with Crippen molar-refractivity contribution in [1.29, 1.82) is 0 Å². The van der Waals surface area contributed by atoms with Gasteiger partial charge < -0.3 is 10.4 Å². The fourth-order valence-electron chi connectivity index (χ4n) is 2.99. The molecule has 0 amide bonds. The van der Waals surface area contributed by atoms with Crippen molar-refractivity contribution >= 4 is 17.5 Å². The van der Waals surface area contributed by atoms with Crippen LogP contribution in [-0.2, 0) is 6.54 Å². The van der Waals surface area contributed by atoms with E-state index in [9.17, 15) is 5.11 Å². The molecule has 1 aliphatic rings. The molecule has 0 aliphatic carbocycles. The standard InChI is InChI=1S/C17H21ClN4O/c18-15-8-19-17(20-9-15)21-16-11-22(7-6-14(16)12-23)10-13-4-2-1-3-5-13/h1-5,8-9,14,16,23H,6-7,10-12H2,(H,19,20,21)/t14-,16-/m0/s1. The first-order valence-electron chi connectivity index (χ1n) is 7.86. The van der Waals surface area contributed by atoms with Crippen molar-refractivity contribution < 1.29 is 5.11 Å². The molecule has 122 valence electrons. The molecule has 23 heavy (non-hydrogen) atoms. The zero-order valence-electron chi connectivity index (χ0n) is 12.9. The van der Waals surface area contributed by atoms with Gasteiger partial charge in [-0.1, -0.05) is 41.9 Å². The number of hydrogen-bond donors (Lipinski definition) is 2. The SMILES string of the molecule is OC[C@@H]1CCN(Cc2ccccc2)C[C@@H]1Nc1ncc(Cl)cn1. The topological polar surface area (TPSA) is 61.3 Å². The van der Waals surface area contributed by atoms with Crippen molar-refractivity contribution in [3.05, 3.63) is 53.3 Å². The van der Waals surface area contributed by atoms with Crippen LogP contribution in [-0.4, -0.2) is 45.7 Å². The highest BCUT2D eigenvalue weighted by atomic mass is 35.5. The zero-order chi connectivity index (χ0) is 16.1. The van der Waals surface area contributed by atoms with Crippen molar-refractivity contribution in [2.75, 3.05) is 25.0 Å². The van der Waals surface area contributed by atoms with E-state index in [1.54, 1.807) is 12.4 Å². The van der Waals surface area contributed by atoms with E-state index in [1.165, 1.54) is 5.56 Å². The Labute approximate surface area is 141 Å². The van der Waals surface area contributed by atoms with E-state index in [2.05, 4.69) is 44.5 Å². The second-order valence-corrected chi connectivity index (χ2v) is 6.36. The number of benzene rings is 1. The number of anilines is 1. The van der Waals surface area contributed by atoms with Crippen molar-refractivity contribution in [2.24, 2.45) is 5.92 Å². The lowest BCUT2D eigenvalue weighted by atomic mass is 9.92. The Morgan fingerprint density at radius 2 is 1.96 bits per heavy atom. The first-order valence-corrected chi connectivity index (χ1v) is 8.23. The molecular weight excluding hydrogens is 312 g/mol. The van der Waals surface area contributed by atoms with Gasteiger partial charge in [0.25, 0.3) is 0 Å². The monoisotopic (exact) mass is 332 g/mol. The summed E-state index contributed by atoms with van der Waals surface area (Å²) < 4.78 is 0. The number of rotatable bonds is 5. The van der Waals surface area contributed by atoms with E-state index >= 15 is 0 Å².